The van der Waals surface area contributed by atoms with Crippen LogP contribution in [0, 0.1) is 11.3 Å². The van der Waals surface area contributed by atoms with Crippen molar-refractivity contribution >= 4 is 34.6 Å². The van der Waals surface area contributed by atoms with E-state index < -0.39 is 0 Å². The van der Waals surface area contributed by atoms with Crippen molar-refractivity contribution in [2.24, 2.45) is 16.4 Å². The van der Waals surface area contributed by atoms with Crippen molar-refractivity contribution < 1.29 is 0 Å². The van der Waals surface area contributed by atoms with Crippen molar-refractivity contribution in [2.45, 2.75) is 85.7 Å². The van der Waals surface area contributed by atoms with Gasteiger partial charge in [-0.3, -0.25) is 4.90 Å². The van der Waals surface area contributed by atoms with Gasteiger partial charge in [-0.15, -0.1) is 0 Å². The molecule has 2 aromatic carbocycles. The molecule has 52 heavy (non-hydrogen) atoms. The first kappa shape index (κ1) is 37.8. The van der Waals surface area contributed by atoms with Gasteiger partial charge in [-0.25, -0.2) is 5.01 Å². The molecule has 0 radical (unpaired) electrons. The number of nitrogens with zero attached hydrogens (tertiary/aromatic N) is 3. The van der Waals surface area contributed by atoms with Crippen LogP contribution >= 0.6 is 11.6 Å². The van der Waals surface area contributed by atoms with Crippen molar-refractivity contribution in [3.05, 3.63) is 136 Å². The lowest BCUT2D eigenvalue weighted by Gasteiger charge is -2.50. The fraction of sp³-hybridized carbons (Fsp3) is 0.413. The quantitative estimate of drug-likeness (QED) is 0.191. The summed E-state index contributed by atoms with van der Waals surface area (Å²) in [7, 11) is 0. The van der Waals surface area contributed by atoms with Gasteiger partial charge in [0.15, 0.2) is 0 Å². The van der Waals surface area contributed by atoms with Gasteiger partial charge < -0.3 is 10.6 Å². The Morgan fingerprint density at radius 2 is 1.81 bits per heavy atom. The monoisotopic (exact) mass is 715 g/mol. The Bertz CT molecular complexity index is 1860. The minimum atomic E-state index is 0.255. The molecule has 6 rings (SSSR count). The average molecular weight is 716 g/mol. The lowest BCUT2D eigenvalue weighted by Crippen LogP contribution is -2.56. The minimum absolute atomic E-state index is 0.255. The van der Waals surface area contributed by atoms with Crippen molar-refractivity contribution in [3.63, 3.8) is 0 Å². The van der Waals surface area contributed by atoms with Crippen LogP contribution in [0.15, 0.2) is 108 Å². The maximum atomic E-state index is 7.24. The maximum absolute atomic E-state index is 7.24. The van der Waals surface area contributed by atoms with E-state index in [-0.39, 0.29) is 5.41 Å². The van der Waals surface area contributed by atoms with Crippen LogP contribution in [0.3, 0.4) is 0 Å². The Hall–Kier alpha value is -3.90. The lowest BCUT2D eigenvalue weighted by atomic mass is 9.69. The SMILES string of the molecule is C=C1CCC(CNCc2c(CC)cc(N3/C=C\C(=C)/C(c4cccc(C(=C)C5CC(CN6CC(C)(C(=C)C)C6)=C5CC)c4Cl)=C\C=N3)cc2CC)N1. The van der Waals surface area contributed by atoms with Crippen LogP contribution in [0.1, 0.15) is 88.1 Å². The summed E-state index contributed by atoms with van der Waals surface area (Å²) in [5, 5.41) is 14.8. The van der Waals surface area contributed by atoms with Crippen molar-refractivity contribution in [1.29, 1.82) is 0 Å². The highest BCUT2D eigenvalue weighted by Crippen LogP contribution is 2.48. The van der Waals surface area contributed by atoms with E-state index in [9.17, 15) is 0 Å². The fourth-order valence-corrected chi connectivity index (χ4v) is 8.80. The van der Waals surface area contributed by atoms with Crippen LogP contribution in [0.5, 0.6) is 0 Å². The first-order chi connectivity index (χ1) is 25.0. The Morgan fingerprint density at radius 1 is 1.08 bits per heavy atom. The average Bonchev–Trinajstić information content (AvgIpc) is 3.52. The number of hydrogen-bond acceptors (Lipinski definition) is 5. The van der Waals surface area contributed by atoms with Gasteiger partial charge in [0.1, 0.15) is 0 Å². The van der Waals surface area contributed by atoms with Crippen LogP contribution in [0.2, 0.25) is 5.02 Å². The van der Waals surface area contributed by atoms with Crippen molar-refractivity contribution in [2.75, 3.05) is 31.2 Å². The Morgan fingerprint density at radius 3 is 2.44 bits per heavy atom. The Labute approximate surface area is 318 Å². The topological polar surface area (TPSA) is 42.9 Å². The molecule has 0 aromatic heterocycles. The zero-order chi connectivity index (χ0) is 37.2. The van der Waals surface area contributed by atoms with E-state index in [0.717, 1.165) is 116 Å². The predicted molar refractivity (Wildman–Crippen MR) is 225 cm³/mol. The van der Waals surface area contributed by atoms with Gasteiger partial charge in [0, 0.05) is 73.8 Å². The van der Waals surface area contributed by atoms with Crippen LogP contribution in [0.25, 0.3) is 11.1 Å². The molecule has 2 fully saturated rings. The molecular formula is C46H58ClN5. The molecule has 3 heterocycles. The number of rotatable bonds is 14. The van der Waals surface area contributed by atoms with Crippen molar-refractivity contribution in [1.82, 2.24) is 15.5 Å². The molecule has 2 unspecified atom stereocenters. The van der Waals surface area contributed by atoms with Crippen molar-refractivity contribution in [3.8, 4) is 0 Å². The number of halogens is 1. The second-order valence-electron chi connectivity index (χ2n) is 15.5. The fourth-order valence-electron chi connectivity index (χ4n) is 8.45. The molecule has 2 aromatic rings. The van der Waals surface area contributed by atoms with E-state index in [1.807, 2.05) is 29.6 Å². The summed E-state index contributed by atoms with van der Waals surface area (Å²) < 4.78 is 0. The van der Waals surface area contributed by atoms with Gasteiger partial charge in [-0.2, -0.15) is 5.10 Å². The van der Waals surface area contributed by atoms with E-state index in [0.29, 0.717) is 12.0 Å². The van der Waals surface area contributed by atoms with Crippen LogP contribution < -0.4 is 15.6 Å². The molecule has 0 spiro atoms. The van der Waals surface area contributed by atoms with Crippen LogP contribution in [0.4, 0.5) is 5.69 Å². The number of nitrogens with one attached hydrogen (secondary N) is 2. The number of aryl methyl sites for hydroxylation is 2. The largest absolute Gasteiger partial charge is 0.385 e. The molecule has 3 aliphatic heterocycles. The molecule has 0 amide bonds. The molecule has 0 bridgehead atoms. The zero-order valence-electron chi connectivity index (χ0n) is 32.2. The highest BCUT2D eigenvalue weighted by atomic mass is 35.5. The maximum Gasteiger partial charge on any atom is 0.0651 e. The molecule has 0 saturated carbocycles. The summed E-state index contributed by atoms with van der Waals surface area (Å²) in [5.74, 6) is 0.332. The number of hydrazone groups is 1. The second kappa shape index (κ2) is 16.0. The number of benzene rings is 2. The zero-order valence-corrected chi connectivity index (χ0v) is 32.9. The van der Waals surface area contributed by atoms with E-state index in [1.165, 1.54) is 27.8 Å². The molecule has 274 valence electrons. The van der Waals surface area contributed by atoms with Gasteiger partial charge in [-0.1, -0.05) is 101 Å². The third kappa shape index (κ3) is 7.74. The summed E-state index contributed by atoms with van der Waals surface area (Å²) in [4.78, 5) is 2.56. The Kier molecular flexibility index (Phi) is 11.6. The molecule has 5 nitrogen and oxygen atoms in total. The van der Waals surface area contributed by atoms with E-state index >= 15 is 0 Å². The van der Waals surface area contributed by atoms with E-state index in [4.69, 9.17) is 16.7 Å². The molecular weight excluding hydrogens is 658 g/mol. The molecule has 1 aliphatic carbocycles. The van der Waals surface area contributed by atoms with E-state index in [2.05, 4.69) is 107 Å². The third-order valence-electron chi connectivity index (χ3n) is 11.9. The summed E-state index contributed by atoms with van der Waals surface area (Å²) in [6, 6.07) is 11.3. The molecule has 2 saturated heterocycles. The second-order valence-corrected chi connectivity index (χ2v) is 15.9. The summed E-state index contributed by atoms with van der Waals surface area (Å²) in [6.45, 7) is 33.6. The van der Waals surface area contributed by atoms with Gasteiger partial charge in [0.05, 0.1) is 10.7 Å². The molecule has 4 aliphatic rings. The van der Waals surface area contributed by atoms with Crippen LogP contribution in [-0.4, -0.2) is 43.3 Å². The van der Waals surface area contributed by atoms with E-state index in [1.54, 1.807) is 5.57 Å². The Balaban J connectivity index is 1.16. The molecule has 6 heteroatoms. The smallest absolute Gasteiger partial charge is 0.0651 e. The van der Waals surface area contributed by atoms with Gasteiger partial charge in [-0.05, 0) is 109 Å². The highest BCUT2D eigenvalue weighted by molar-refractivity contribution is 6.34. The highest BCUT2D eigenvalue weighted by Gasteiger charge is 2.41. The first-order valence-electron chi connectivity index (χ1n) is 19.2. The summed E-state index contributed by atoms with van der Waals surface area (Å²) in [6.07, 6.45) is 14.2. The first-order valence-corrected chi connectivity index (χ1v) is 19.6. The predicted octanol–water partition coefficient (Wildman–Crippen LogP) is 10.4. The summed E-state index contributed by atoms with van der Waals surface area (Å²) >= 11 is 7.24. The minimum Gasteiger partial charge on any atom is -0.385 e. The number of hydrogen-bond donors (Lipinski definition) is 2. The summed E-state index contributed by atoms with van der Waals surface area (Å²) in [5.41, 5.74) is 15.9. The molecule has 2 N–H and O–H groups in total. The number of allylic oxidation sites excluding steroid dienone is 7. The number of likely N-dealkylation sites (tertiary alicyclic amines) is 1. The standard InChI is InChI=1S/C46H58ClN5/c1-10-34-22-38(23-35(11-2)44(34)26-48-25-37-17-16-32(7)50-37)52-21-19-31(6)40(18-20-49-52)42-15-13-14-41(45(42)47)33(8)43-24-36(39(43)12-3)27-51-28-46(9,29-51)30(4)5/h13-15,18-23,37,43,48,50H,4,6-8,10-12,16-17,24-29H2,1-3,5,9H3/b21-19-,40-18+,49-20?. The number of anilines is 1. The van der Waals surface area contributed by atoms with Crippen LogP contribution in [-0.2, 0) is 19.4 Å². The van der Waals surface area contributed by atoms with Gasteiger partial charge in [0.2, 0.25) is 0 Å². The molecule has 2 atom stereocenters. The normalized spacial score (nSPS) is 23.0. The van der Waals surface area contributed by atoms with Gasteiger partial charge >= 0.3 is 0 Å². The third-order valence-corrected chi connectivity index (χ3v) is 12.3. The van der Waals surface area contributed by atoms with Gasteiger partial charge in [0.25, 0.3) is 0 Å². The lowest BCUT2D eigenvalue weighted by molar-refractivity contribution is 0.0525.